The van der Waals surface area contributed by atoms with Crippen LogP contribution in [0.2, 0.25) is 5.02 Å². The van der Waals surface area contributed by atoms with E-state index in [-0.39, 0.29) is 29.2 Å². The van der Waals surface area contributed by atoms with Gasteiger partial charge < -0.3 is 10.1 Å². The molecule has 4 aromatic carbocycles. The lowest BCUT2D eigenvalue weighted by Gasteiger charge is -2.45. The maximum atomic E-state index is 14.0. The number of carbonyl (C=O) groups is 4. The largest absolute Gasteiger partial charge is 0.452 e. The minimum atomic E-state index is -0.744. The highest BCUT2D eigenvalue weighted by atomic mass is 35.5. The van der Waals surface area contributed by atoms with E-state index in [1.54, 1.807) is 37.3 Å². The Morgan fingerprint density at radius 2 is 1.33 bits per heavy atom. The fourth-order valence-electron chi connectivity index (χ4n) is 6.85. The summed E-state index contributed by atoms with van der Waals surface area (Å²) in [5.74, 6) is -3.30. The van der Waals surface area contributed by atoms with Crippen LogP contribution in [0.1, 0.15) is 50.0 Å². The quantitative estimate of drug-likeness (QED) is 0.238. The van der Waals surface area contributed by atoms with Crippen molar-refractivity contribution in [1.82, 2.24) is 0 Å². The van der Waals surface area contributed by atoms with Crippen molar-refractivity contribution in [3.8, 4) is 0 Å². The van der Waals surface area contributed by atoms with Gasteiger partial charge in [-0.15, -0.1) is 0 Å². The van der Waals surface area contributed by atoms with Gasteiger partial charge in [0.05, 0.1) is 23.1 Å². The number of hydrogen-bond donors (Lipinski definition) is 1. The lowest BCUT2D eigenvalue weighted by molar-refractivity contribution is -0.122. The van der Waals surface area contributed by atoms with Gasteiger partial charge in [-0.1, -0.05) is 72.3 Å². The number of imide groups is 1. The zero-order valence-corrected chi connectivity index (χ0v) is 23.3. The first kappa shape index (κ1) is 26.2. The van der Waals surface area contributed by atoms with Crippen molar-refractivity contribution in [2.24, 2.45) is 11.8 Å². The SMILES string of the molecule is Cc1c(Cl)cccc1NC(=O)COC(=O)c1cccc(N2C(=O)[C@H]3C4c5ccccc5C(c5ccccc54)[C@@H]3C2=O)c1. The summed E-state index contributed by atoms with van der Waals surface area (Å²) in [5, 5.41) is 3.19. The van der Waals surface area contributed by atoms with Gasteiger partial charge in [0.1, 0.15) is 0 Å². The van der Waals surface area contributed by atoms with E-state index in [2.05, 4.69) is 29.6 Å². The normalized spacial score (nSPS) is 21.4. The second kappa shape index (κ2) is 9.96. The summed E-state index contributed by atoms with van der Waals surface area (Å²) >= 11 is 6.11. The number of amides is 3. The first-order valence-electron chi connectivity index (χ1n) is 13.7. The summed E-state index contributed by atoms with van der Waals surface area (Å²) in [6, 6.07) is 27.5. The number of nitrogens with one attached hydrogen (secondary N) is 1. The number of anilines is 2. The number of hydrogen-bond acceptors (Lipinski definition) is 5. The van der Waals surface area contributed by atoms with E-state index in [4.69, 9.17) is 16.3 Å². The molecule has 0 spiro atoms. The minimum Gasteiger partial charge on any atom is -0.452 e. The fraction of sp³-hybridized carbons (Fsp3) is 0.176. The third kappa shape index (κ3) is 3.96. The van der Waals surface area contributed by atoms with E-state index < -0.39 is 30.3 Å². The third-order valence-corrected chi connectivity index (χ3v) is 9.07. The molecule has 8 heteroatoms. The van der Waals surface area contributed by atoms with Gasteiger partial charge in [-0.2, -0.15) is 0 Å². The highest BCUT2D eigenvalue weighted by Gasteiger charge is 2.61. The van der Waals surface area contributed by atoms with Crippen molar-refractivity contribution in [1.29, 1.82) is 0 Å². The molecule has 0 saturated carbocycles. The van der Waals surface area contributed by atoms with Gasteiger partial charge in [0, 0.05) is 22.5 Å². The van der Waals surface area contributed by atoms with Gasteiger partial charge in [0.2, 0.25) is 11.8 Å². The molecule has 0 radical (unpaired) electrons. The van der Waals surface area contributed by atoms with E-state index >= 15 is 0 Å². The molecule has 3 aliphatic carbocycles. The number of esters is 1. The summed E-state index contributed by atoms with van der Waals surface area (Å²) in [6.45, 7) is 1.26. The van der Waals surface area contributed by atoms with Crippen LogP contribution in [-0.2, 0) is 19.1 Å². The molecule has 1 fully saturated rings. The van der Waals surface area contributed by atoms with E-state index in [0.29, 0.717) is 22.0 Å². The summed E-state index contributed by atoms with van der Waals surface area (Å²) < 4.78 is 5.25. The lowest BCUT2D eigenvalue weighted by Crippen LogP contribution is -2.41. The molecule has 42 heavy (non-hydrogen) atoms. The second-order valence-corrected chi connectivity index (χ2v) is 11.3. The second-order valence-electron chi connectivity index (χ2n) is 10.9. The molecule has 7 nitrogen and oxygen atoms in total. The Balaban J connectivity index is 1.13. The summed E-state index contributed by atoms with van der Waals surface area (Å²) in [4.78, 5) is 54.6. The Kier molecular flexibility index (Phi) is 6.21. The van der Waals surface area contributed by atoms with E-state index in [0.717, 1.165) is 22.3 Å². The molecule has 2 atom stereocenters. The van der Waals surface area contributed by atoms with Crippen LogP contribution in [0.3, 0.4) is 0 Å². The number of carbonyl (C=O) groups excluding carboxylic acids is 4. The Morgan fingerprint density at radius 1 is 0.786 bits per heavy atom. The molecule has 1 saturated heterocycles. The molecular formula is C34H25ClN2O5. The summed E-state index contributed by atoms with van der Waals surface area (Å²) in [6.07, 6.45) is 0. The average molecular weight is 577 g/mol. The van der Waals surface area contributed by atoms with Gasteiger partial charge in [-0.3, -0.25) is 14.4 Å². The zero-order valence-electron chi connectivity index (χ0n) is 22.5. The Hall–Kier alpha value is -4.75. The van der Waals surface area contributed by atoms with E-state index in [9.17, 15) is 19.2 Å². The molecule has 4 aromatic rings. The van der Waals surface area contributed by atoms with E-state index in [1.165, 1.54) is 17.0 Å². The van der Waals surface area contributed by atoms with Gasteiger partial charge in [-0.05, 0) is 65.1 Å². The van der Waals surface area contributed by atoms with Crippen LogP contribution in [-0.4, -0.2) is 30.3 Å². The number of halogens is 1. The molecule has 2 bridgehead atoms. The van der Waals surface area contributed by atoms with Crippen molar-refractivity contribution >= 4 is 46.7 Å². The fourth-order valence-corrected chi connectivity index (χ4v) is 7.02. The molecule has 8 rings (SSSR count). The molecule has 1 aliphatic heterocycles. The molecule has 3 amide bonds. The Labute approximate surface area is 247 Å². The Morgan fingerprint density at radius 3 is 1.90 bits per heavy atom. The molecule has 0 aromatic heterocycles. The standard InChI is InChI=1S/C34H25ClN2O5/c1-18-25(35)14-7-15-26(18)36-27(38)17-42-34(41)19-8-6-9-20(16-19)37-32(39)30-28-21-10-2-3-11-22(21)29(31(30)33(37)40)24-13-5-4-12-23(24)28/h2-16,28-31H,17H2,1H3,(H,36,38)/t28?,29?,30-,31-/m0/s1. The van der Waals surface area contributed by atoms with Crippen LogP contribution < -0.4 is 10.2 Å². The van der Waals surface area contributed by atoms with Crippen LogP contribution in [0.15, 0.2) is 91.0 Å². The average Bonchev–Trinajstić information content (AvgIpc) is 3.28. The smallest absolute Gasteiger partial charge is 0.338 e. The van der Waals surface area contributed by atoms with Crippen molar-refractivity contribution in [2.45, 2.75) is 18.8 Å². The molecule has 4 aliphatic rings. The first-order chi connectivity index (χ1) is 20.3. The minimum absolute atomic E-state index is 0.129. The van der Waals surface area contributed by atoms with Crippen molar-refractivity contribution < 1.29 is 23.9 Å². The van der Waals surface area contributed by atoms with Crippen LogP contribution in [0.4, 0.5) is 11.4 Å². The molecular weight excluding hydrogens is 552 g/mol. The van der Waals surface area contributed by atoms with Gasteiger partial charge in [-0.25, -0.2) is 9.69 Å². The topological polar surface area (TPSA) is 92.8 Å². The maximum Gasteiger partial charge on any atom is 0.338 e. The van der Waals surface area contributed by atoms with Gasteiger partial charge in [0.15, 0.2) is 6.61 Å². The van der Waals surface area contributed by atoms with Crippen LogP contribution in [0, 0.1) is 18.8 Å². The number of benzene rings is 4. The highest BCUT2D eigenvalue weighted by Crippen LogP contribution is 2.61. The summed E-state index contributed by atoms with van der Waals surface area (Å²) in [5.41, 5.74) is 6.03. The predicted molar refractivity (Wildman–Crippen MR) is 158 cm³/mol. The first-order valence-corrected chi connectivity index (χ1v) is 14.1. The lowest BCUT2D eigenvalue weighted by atomic mass is 9.55. The van der Waals surface area contributed by atoms with E-state index in [1.807, 2.05) is 24.3 Å². The molecule has 1 N–H and O–H groups in total. The highest BCUT2D eigenvalue weighted by molar-refractivity contribution is 6.31. The maximum absolute atomic E-state index is 14.0. The van der Waals surface area contributed by atoms with Crippen molar-refractivity contribution in [2.75, 3.05) is 16.8 Å². The number of ether oxygens (including phenoxy) is 1. The van der Waals surface area contributed by atoms with Crippen molar-refractivity contribution in [3.05, 3.63) is 129 Å². The van der Waals surface area contributed by atoms with Crippen LogP contribution in [0.25, 0.3) is 0 Å². The molecule has 208 valence electrons. The van der Waals surface area contributed by atoms with Gasteiger partial charge >= 0.3 is 5.97 Å². The molecule has 0 unspecified atom stereocenters. The number of nitrogens with zero attached hydrogens (tertiary/aromatic N) is 1. The van der Waals surface area contributed by atoms with Crippen molar-refractivity contribution in [3.63, 3.8) is 0 Å². The zero-order chi connectivity index (χ0) is 29.1. The monoisotopic (exact) mass is 576 g/mol. The predicted octanol–water partition coefficient (Wildman–Crippen LogP) is 5.84. The Bertz CT molecular complexity index is 1700. The van der Waals surface area contributed by atoms with Crippen LogP contribution >= 0.6 is 11.6 Å². The van der Waals surface area contributed by atoms with Gasteiger partial charge in [0.25, 0.3) is 5.91 Å². The van der Waals surface area contributed by atoms with Crippen LogP contribution in [0.5, 0.6) is 0 Å². The number of rotatable bonds is 5. The molecule has 1 heterocycles. The third-order valence-electron chi connectivity index (χ3n) is 8.66. The summed E-state index contributed by atoms with van der Waals surface area (Å²) in [7, 11) is 0.